The van der Waals surface area contributed by atoms with Crippen molar-refractivity contribution in [1.29, 1.82) is 0 Å². The number of ether oxygens (including phenoxy) is 1. The molecule has 132 valence electrons. The van der Waals surface area contributed by atoms with Crippen molar-refractivity contribution in [2.75, 3.05) is 4.72 Å². The number of sulfonamides is 1. The first-order valence-electron chi connectivity index (χ1n) is 7.39. The second-order valence-electron chi connectivity index (χ2n) is 5.45. The number of aryl methyl sites for hydroxylation is 1. The smallest absolute Gasteiger partial charge is 0.338 e. The lowest BCUT2D eigenvalue weighted by atomic mass is 10.2. The number of carbonyl (C=O) groups is 2. The van der Waals surface area contributed by atoms with Gasteiger partial charge in [-0.05, 0) is 49.7 Å². The molecule has 2 rings (SSSR count). The van der Waals surface area contributed by atoms with E-state index >= 15 is 0 Å². The van der Waals surface area contributed by atoms with Gasteiger partial charge in [0.25, 0.3) is 15.9 Å². The summed E-state index contributed by atoms with van der Waals surface area (Å²) in [6.45, 7) is 3.18. The summed E-state index contributed by atoms with van der Waals surface area (Å²) in [6.07, 6.45) is -1.11. The van der Waals surface area contributed by atoms with Crippen LogP contribution in [0.2, 0.25) is 0 Å². The lowest BCUT2D eigenvalue weighted by molar-refractivity contribution is -0.125. The Labute approximate surface area is 145 Å². The number of carbonyl (C=O) groups excluding carboxylic acids is 2. The van der Waals surface area contributed by atoms with Crippen molar-refractivity contribution in [3.8, 4) is 0 Å². The molecule has 0 saturated heterocycles. The minimum atomic E-state index is -3.88. The molecule has 0 aliphatic carbocycles. The highest BCUT2D eigenvalue weighted by Crippen LogP contribution is 2.18. The number of nitrogens with two attached hydrogens (primary N) is 1. The molecule has 0 radical (unpaired) electrons. The molecule has 0 unspecified atom stereocenters. The molecule has 2 aromatic carbocycles. The average Bonchev–Trinajstić information content (AvgIpc) is 2.54. The van der Waals surface area contributed by atoms with Crippen LogP contribution in [0.4, 0.5) is 5.69 Å². The van der Waals surface area contributed by atoms with Gasteiger partial charge in [0.2, 0.25) is 0 Å². The fourth-order valence-electron chi connectivity index (χ4n) is 2.00. The maximum atomic E-state index is 12.5. The van der Waals surface area contributed by atoms with Crippen LogP contribution in [-0.4, -0.2) is 26.4 Å². The Kier molecular flexibility index (Phi) is 5.43. The van der Waals surface area contributed by atoms with Gasteiger partial charge in [-0.15, -0.1) is 0 Å². The molecule has 1 atom stereocenters. The van der Waals surface area contributed by atoms with Gasteiger partial charge in [0.05, 0.1) is 10.5 Å². The zero-order chi connectivity index (χ0) is 18.6. The second kappa shape index (κ2) is 7.35. The van der Waals surface area contributed by atoms with Crippen LogP contribution in [0.3, 0.4) is 0 Å². The molecular formula is C17H18N2O5S. The number of nitrogens with one attached hydrogen (secondary N) is 1. The van der Waals surface area contributed by atoms with Gasteiger partial charge in [0.1, 0.15) is 0 Å². The summed E-state index contributed by atoms with van der Waals surface area (Å²) in [5.74, 6) is -1.63. The quantitative estimate of drug-likeness (QED) is 0.761. The molecule has 25 heavy (non-hydrogen) atoms. The van der Waals surface area contributed by atoms with Gasteiger partial charge in [0, 0.05) is 5.69 Å². The summed E-state index contributed by atoms with van der Waals surface area (Å²) in [5.41, 5.74) is 6.35. The number of primary amides is 1. The van der Waals surface area contributed by atoms with Crippen molar-refractivity contribution in [2.24, 2.45) is 5.73 Å². The van der Waals surface area contributed by atoms with Gasteiger partial charge < -0.3 is 10.5 Å². The van der Waals surface area contributed by atoms with Gasteiger partial charge >= 0.3 is 5.97 Å². The van der Waals surface area contributed by atoms with Crippen molar-refractivity contribution < 1.29 is 22.7 Å². The van der Waals surface area contributed by atoms with Crippen molar-refractivity contribution in [3.63, 3.8) is 0 Å². The number of anilines is 1. The third-order valence-electron chi connectivity index (χ3n) is 3.33. The fraction of sp³-hybridized carbons (Fsp3) is 0.176. The first-order chi connectivity index (χ1) is 11.7. The third-order valence-corrected chi connectivity index (χ3v) is 4.71. The van der Waals surface area contributed by atoms with E-state index in [1.165, 1.54) is 31.2 Å². The average molecular weight is 362 g/mol. The van der Waals surface area contributed by atoms with Crippen molar-refractivity contribution in [2.45, 2.75) is 24.8 Å². The summed E-state index contributed by atoms with van der Waals surface area (Å²) in [4.78, 5) is 22.9. The van der Waals surface area contributed by atoms with E-state index in [9.17, 15) is 18.0 Å². The van der Waals surface area contributed by atoms with Gasteiger partial charge in [0.15, 0.2) is 6.10 Å². The van der Waals surface area contributed by atoms with Crippen LogP contribution in [0.15, 0.2) is 53.4 Å². The van der Waals surface area contributed by atoms with Crippen LogP contribution in [0, 0.1) is 6.92 Å². The zero-order valence-corrected chi connectivity index (χ0v) is 14.5. The van der Waals surface area contributed by atoms with Crippen LogP contribution in [0.25, 0.3) is 0 Å². The first-order valence-corrected chi connectivity index (χ1v) is 8.87. The Morgan fingerprint density at radius 2 is 1.80 bits per heavy atom. The molecule has 0 aromatic heterocycles. The minimum Gasteiger partial charge on any atom is -0.449 e. The molecule has 1 amide bonds. The molecule has 0 saturated carbocycles. The van der Waals surface area contributed by atoms with E-state index in [1.807, 2.05) is 13.0 Å². The number of esters is 1. The number of rotatable bonds is 6. The highest BCUT2D eigenvalue weighted by atomic mass is 32.2. The SMILES string of the molecule is Cc1cccc(NS(=O)(=O)c2cccc(C(=O)O[C@H](C)C(N)=O)c2)c1. The predicted octanol–water partition coefficient (Wildman–Crippen LogP) is 1.83. The minimum absolute atomic E-state index is 0.000201. The van der Waals surface area contributed by atoms with Crippen LogP contribution in [0.5, 0.6) is 0 Å². The largest absolute Gasteiger partial charge is 0.449 e. The fourth-order valence-corrected chi connectivity index (χ4v) is 3.09. The Hall–Kier alpha value is -2.87. The van der Waals surface area contributed by atoms with Gasteiger partial charge in [-0.3, -0.25) is 9.52 Å². The van der Waals surface area contributed by atoms with Gasteiger partial charge in [-0.25, -0.2) is 13.2 Å². The van der Waals surface area contributed by atoms with E-state index in [0.29, 0.717) is 5.69 Å². The Bertz CT molecular complexity index is 909. The molecule has 0 bridgehead atoms. The number of amides is 1. The molecule has 0 aliphatic heterocycles. The molecule has 3 N–H and O–H groups in total. The standard InChI is InChI=1S/C17H18N2O5S/c1-11-5-3-7-14(9-11)19-25(22,23)15-8-4-6-13(10-15)17(21)24-12(2)16(18)20/h3-10,12,19H,1-2H3,(H2,18,20)/t12-/m1/s1. The van der Waals surface area contributed by atoms with Crippen molar-refractivity contribution in [1.82, 2.24) is 0 Å². The molecule has 8 heteroatoms. The van der Waals surface area contributed by atoms with E-state index < -0.39 is 28.0 Å². The van der Waals surface area contributed by atoms with Crippen LogP contribution in [-0.2, 0) is 19.6 Å². The summed E-state index contributed by atoms with van der Waals surface area (Å²) in [6, 6.07) is 12.2. The van der Waals surface area contributed by atoms with Gasteiger partial charge in [-0.1, -0.05) is 18.2 Å². The van der Waals surface area contributed by atoms with Crippen molar-refractivity contribution in [3.05, 3.63) is 59.7 Å². The van der Waals surface area contributed by atoms with E-state index in [1.54, 1.807) is 18.2 Å². The van der Waals surface area contributed by atoms with E-state index in [2.05, 4.69) is 4.72 Å². The molecule has 0 spiro atoms. The van der Waals surface area contributed by atoms with E-state index in [4.69, 9.17) is 10.5 Å². The van der Waals surface area contributed by atoms with Crippen molar-refractivity contribution >= 4 is 27.6 Å². The van der Waals surface area contributed by atoms with E-state index in [-0.39, 0.29) is 10.5 Å². The number of hydrogen-bond donors (Lipinski definition) is 2. The molecule has 7 nitrogen and oxygen atoms in total. The molecule has 2 aromatic rings. The number of benzene rings is 2. The van der Waals surface area contributed by atoms with Gasteiger partial charge in [-0.2, -0.15) is 0 Å². The summed E-state index contributed by atoms with van der Waals surface area (Å²) in [5, 5.41) is 0. The lowest BCUT2D eigenvalue weighted by Gasteiger charge is -2.11. The summed E-state index contributed by atoms with van der Waals surface area (Å²) < 4.78 is 32.3. The second-order valence-corrected chi connectivity index (χ2v) is 7.14. The highest BCUT2D eigenvalue weighted by Gasteiger charge is 2.20. The molecule has 0 fully saturated rings. The maximum absolute atomic E-state index is 12.5. The maximum Gasteiger partial charge on any atom is 0.338 e. The van der Waals surface area contributed by atoms with E-state index in [0.717, 1.165) is 5.56 Å². The predicted molar refractivity (Wildman–Crippen MR) is 92.5 cm³/mol. The lowest BCUT2D eigenvalue weighted by Crippen LogP contribution is -2.30. The normalized spacial score (nSPS) is 12.2. The molecule has 0 aliphatic rings. The molecule has 0 heterocycles. The van der Waals surface area contributed by atoms with Crippen LogP contribution < -0.4 is 10.5 Å². The zero-order valence-electron chi connectivity index (χ0n) is 13.7. The van der Waals surface area contributed by atoms with Crippen LogP contribution >= 0.6 is 0 Å². The first kappa shape index (κ1) is 18.5. The Balaban J connectivity index is 2.25. The Morgan fingerprint density at radius 1 is 1.12 bits per heavy atom. The topological polar surface area (TPSA) is 116 Å². The summed E-state index contributed by atoms with van der Waals surface area (Å²) in [7, 11) is -3.88. The monoisotopic (exact) mass is 362 g/mol. The highest BCUT2D eigenvalue weighted by molar-refractivity contribution is 7.92. The third kappa shape index (κ3) is 4.80. The Morgan fingerprint density at radius 3 is 2.44 bits per heavy atom. The molecular weight excluding hydrogens is 344 g/mol. The number of hydrogen-bond acceptors (Lipinski definition) is 5. The summed E-state index contributed by atoms with van der Waals surface area (Å²) >= 11 is 0. The van der Waals surface area contributed by atoms with Crippen LogP contribution in [0.1, 0.15) is 22.8 Å².